The van der Waals surface area contributed by atoms with Crippen LogP contribution >= 0.6 is 33.2 Å². The molecule has 0 unspecified atom stereocenters. The lowest BCUT2D eigenvalue weighted by atomic mass is 9.88. The van der Waals surface area contributed by atoms with Crippen molar-refractivity contribution < 1.29 is 9.53 Å². The van der Waals surface area contributed by atoms with Gasteiger partial charge in [0.25, 0.3) is 0 Å². The summed E-state index contributed by atoms with van der Waals surface area (Å²) in [7, 11) is 5.32. The summed E-state index contributed by atoms with van der Waals surface area (Å²) >= 11 is 6.28. The first-order valence-electron chi connectivity index (χ1n) is 10.6. The first-order chi connectivity index (χ1) is 15.4. The molecule has 0 aliphatic carbocycles. The molecule has 0 bridgehead atoms. The van der Waals surface area contributed by atoms with Gasteiger partial charge in [-0.2, -0.15) is 0 Å². The number of aliphatic imine (C=N–C) groups is 1. The summed E-state index contributed by atoms with van der Waals surface area (Å²) in [6, 6.07) is 12.1. The number of halogens is 1. The number of ether oxygens (including phenoxy) is 1. The quantitative estimate of drug-likeness (QED) is 0.232. The van der Waals surface area contributed by atoms with Crippen molar-refractivity contribution in [3.8, 4) is 5.75 Å². The zero-order chi connectivity index (χ0) is 23.3. The van der Waals surface area contributed by atoms with Gasteiger partial charge in [-0.05, 0) is 67.3 Å². The molecule has 3 nitrogen and oxygen atoms in total. The molecule has 2 aromatic carbocycles. The molecule has 3 rings (SSSR count). The summed E-state index contributed by atoms with van der Waals surface area (Å²) in [5, 5.41) is 0.561. The van der Waals surface area contributed by atoms with E-state index in [1.54, 1.807) is 20.1 Å². The second-order valence-corrected chi connectivity index (χ2v) is 10.6. The molecule has 0 radical (unpaired) electrons. The zero-order valence-electron chi connectivity index (χ0n) is 19.1. The molecule has 0 N–H and O–H groups in total. The number of hydrogen-bond donors (Lipinski definition) is 0. The van der Waals surface area contributed by atoms with Gasteiger partial charge in [0, 0.05) is 22.6 Å². The molecule has 1 atom stereocenters. The summed E-state index contributed by atoms with van der Waals surface area (Å²) in [5.74, 6) is 2.63. The van der Waals surface area contributed by atoms with Gasteiger partial charge in [-0.3, -0.25) is 9.79 Å². The second kappa shape index (κ2) is 11.3. The molecule has 0 saturated heterocycles. The third-order valence-corrected chi connectivity index (χ3v) is 7.94. The number of benzene rings is 2. The molecule has 0 fully saturated rings. The number of methoxy groups -OCH3 is 1. The molecule has 1 aliphatic rings. The largest absolute Gasteiger partial charge is 0.495 e. The van der Waals surface area contributed by atoms with Crippen molar-refractivity contribution in [2.24, 2.45) is 4.99 Å². The van der Waals surface area contributed by atoms with Crippen LogP contribution in [0.4, 0.5) is 0 Å². The highest BCUT2D eigenvalue weighted by Crippen LogP contribution is 2.37. The minimum Gasteiger partial charge on any atom is -0.495 e. The topological polar surface area (TPSA) is 38.7 Å². The summed E-state index contributed by atoms with van der Waals surface area (Å²) in [5.41, 5.74) is 7.18. The second-order valence-electron chi connectivity index (χ2n) is 7.46. The van der Waals surface area contributed by atoms with Crippen molar-refractivity contribution in [3.63, 3.8) is 0 Å². The van der Waals surface area contributed by atoms with E-state index in [1.165, 1.54) is 5.56 Å². The van der Waals surface area contributed by atoms with Gasteiger partial charge in [0.1, 0.15) is 5.75 Å². The Bertz CT molecular complexity index is 1110. The molecule has 0 amide bonds. The minimum atomic E-state index is -0.178. The number of nitrogens with zero attached hydrogens (tertiary/aromatic N) is 1. The Morgan fingerprint density at radius 1 is 1.19 bits per heavy atom. The van der Waals surface area contributed by atoms with Gasteiger partial charge in [-0.15, -0.1) is 0 Å². The van der Waals surface area contributed by atoms with E-state index in [2.05, 4.69) is 31.2 Å². The van der Waals surface area contributed by atoms with Gasteiger partial charge < -0.3 is 4.74 Å². The van der Waals surface area contributed by atoms with E-state index in [1.807, 2.05) is 53.6 Å². The van der Waals surface area contributed by atoms with Crippen molar-refractivity contribution in [1.29, 1.82) is 0 Å². The van der Waals surface area contributed by atoms with Crippen molar-refractivity contribution in [2.45, 2.75) is 39.5 Å². The number of carbonyl (C=O) groups is 1. The van der Waals surface area contributed by atoms with Crippen LogP contribution in [0.1, 0.15) is 49.9 Å². The molecule has 6 heteroatoms. The van der Waals surface area contributed by atoms with Crippen LogP contribution in [0.25, 0.3) is 5.57 Å². The Morgan fingerprint density at radius 3 is 2.62 bits per heavy atom. The third-order valence-electron chi connectivity index (χ3n) is 5.21. The van der Waals surface area contributed by atoms with E-state index < -0.39 is 0 Å². The molecule has 1 aliphatic heterocycles. The van der Waals surface area contributed by atoms with Gasteiger partial charge in [-0.1, -0.05) is 64.4 Å². The van der Waals surface area contributed by atoms with E-state index in [4.69, 9.17) is 21.3 Å². The van der Waals surface area contributed by atoms with E-state index in [-0.39, 0.29) is 11.8 Å². The monoisotopic (exact) mass is 485 g/mol. The highest BCUT2D eigenvalue weighted by Gasteiger charge is 2.25. The molecular weight excluding hydrogens is 458 g/mol. The molecule has 0 spiro atoms. The van der Waals surface area contributed by atoms with Crippen molar-refractivity contribution in [2.75, 3.05) is 12.9 Å². The molecule has 32 heavy (non-hydrogen) atoms. The van der Waals surface area contributed by atoms with E-state index in [9.17, 15) is 4.79 Å². The lowest BCUT2D eigenvalue weighted by Crippen LogP contribution is -2.09. The minimum absolute atomic E-state index is 0.0191. The molecule has 2 aromatic rings. The maximum Gasteiger partial charge on any atom is 0.152 e. The predicted molar refractivity (Wildman–Crippen MR) is 141 cm³/mol. The van der Waals surface area contributed by atoms with E-state index >= 15 is 0 Å². The fourth-order valence-electron chi connectivity index (χ4n) is 3.79. The first-order valence-corrected chi connectivity index (χ1v) is 13.4. The van der Waals surface area contributed by atoms with Crippen LogP contribution in [0.2, 0.25) is 5.02 Å². The van der Waals surface area contributed by atoms with Crippen LogP contribution in [0.15, 0.2) is 59.1 Å². The third kappa shape index (κ3) is 5.51. The summed E-state index contributed by atoms with van der Waals surface area (Å²) in [6.07, 6.45) is 3.80. The van der Waals surface area contributed by atoms with Gasteiger partial charge in [0.15, 0.2) is 5.78 Å². The Hall–Kier alpha value is -1.95. The Kier molecular flexibility index (Phi) is 8.69. The Balaban J connectivity index is 2.24. The van der Waals surface area contributed by atoms with Crippen LogP contribution in [-0.2, 0) is 10.5 Å². The molecule has 168 valence electrons. The van der Waals surface area contributed by atoms with E-state index in [0.29, 0.717) is 10.8 Å². The Morgan fingerprint density at radius 2 is 1.97 bits per heavy atom. The average molecular weight is 486 g/mol. The SMILES string of the molecule is C/C=C1\C(=C/C(C)=O)[C@H](C)N=C(c2ccc(Cl)c(OC)c2)c2ccc(CSSCC)cc21. The number of hydrogen-bond acceptors (Lipinski definition) is 5. The van der Waals surface area contributed by atoms with Crippen molar-refractivity contribution in [1.82, 2.24) is 0 Å². The van der Waals surface area contributed by atoms with Gasteiger partial charge >= 0.3 is 0 Å². The van der Waals surface area contributed by atoms with Crippen LogP contribution in [0.5, 0.6) is 5.75 Å². The normalized spacial score (nSPS) is 18.3. The predicted octanol–water partition coefficient (Wildman–Crippen LogP) is 7.41. The van der Waals surface area contributed by atoms with Crippen LogP contribution in [0.3, 0.4) is 0 Å². The van der Waals surface area contributed by atoms with Gasteiger partial charge in [0.05, 0.1) is 23.9 Å². The molecule has 0 saturated carbocycles. The maximum atomic E-state index is 12.1. The highest BCUT2D eigenvalue weighted by molar-refractivity contribution is 8.76. The zero-order valence-corrected chi connectivity index (χ0v) is 21.5. The number of ketones is 1. The molecule has 1 heterocycles. The van der Waals surface area contributed by atoms with Crippen molar-refractivity contribution >= 4 is 50.3 Å². The number of fused-ring (bicyclic) bond motifs is 1. The molecular formula is C26H28ClNO2S2. The molecule has 0 aromatic heterocycles. The number of rotatable bonds is 7. The average Bonchev–Trinajstić information content (AvgIpc) is 2.88. The van der Waals surface area contributed by atoms with Crippen molar-refractivity contribution in [3.05, 3.63) is 81.4 Å². The summed E-state index contributed by atoms with van der Waals surface area (Å²) in [4.78, 5) is 17.1. The summed E-state index contributed by atoms with van der Waals surface area (Å²) < 4.78 is 5.45. The fraction of sp³-hybridized carbons (Fsp3) is 0.308. The Labute approximate surface area is 203 Å². The maximum absolute atomic E-state index is 12.1. The smallest absolute Gasteiger partial charge is 0.152 e. The fourth-order valence-corrected chi connectivity index (χ4v) is 5.71. The lowest BCUT2D eigenvalue weighted by molar-refractivity contribution is -0.112. The van der Waals surface area contributed by atoms with Crippen LogP contribution in [-0.4, -0.2) is 30.4 Å². The van der Waals surface area contributed by atoms with Gasteiger partial charge in [0.2, 0.25) is 0 Å². The lowest BCUT2D eigenvalue weighted by Gasteiger charge is -2.16. The van der Waals surface area contributed by atoms with Gasteiger partial charge in [-0.25, -0.2) is 0 Å². The first kappa shape index (κ1) is 24.7. The summed E-state index contributed by atoms with van der Waals surface area (Å²) in [6.45, 7) is 7.80. The van der Waals surface area contributed by atoms with Crippen LogP contribution in [0, 0.1) is 0 Å². The van der Waals surface area contributed by atoms with E-state index in [0.717, 1.165) is 45.1 Å². The van der Waals surface area contributed by atoms with Crippen LogP contribution < -0.4 is 4.74 Å². The highest BCUT2D eigenvalue weighted by atomic mass is 35.5. The standard InChI is InChI=1S/C26H28ClNO2S2/c1-6-20-22(12-16(3)29)17(4)28-26(19-9-11-24(27)25(14-19)30-5)21-10-8-18(13-23(20)21)15-32-31-7-2/h6,8-14,17H,7,15H2,1-5H3/b20-6+,22-12-/t17-/m0/s1. The number of allylic oxidation sites excluding steroid dienone is 2. The number of carbonyl (C=O) groups excluding carboxylic acids is 1.